The van der Waals surface area contributed by atoms with Crippen LogP contribution in [0.1, 0.15) is 11.1 Å². The molecule has 0 spiro atoms. The van der Waals surface area contributed by atoms with E-state index in [1.54, 1.807) is 13.0 Å². The fourth-order valence-electron chi connectivity index (χ4n) is 1.22. The van der Waals surface area contributed by atoms with Gasteiger partial charge < -0.3 is 18.7 Å². The third-order valence-electron chi connectivity index (χ3n) is 1.97. The number of halogens is 4. The Morgan fingerprint density at radius 1 is 1.36 bits per heavy atom. The van der Waals surface area contributed by atoms with Gasteiger partial charge in [0.2, 0.25) is 0 Å². The number of nitrogen functional groups attached to an aromatic ring is 1. The zero-order valence-corrected chi connectivity index (χ0v) is 9.69. The van der Waals surface area contributed by atoms with Crippen molar-refractivity contribution in [1.29, 1.82) is 0 Å². The van der Waals surface area contributed by atoms with Crippen molar-refractivity contribution in [3.8, 4) is 0 Å². The summed E-state index contributed by atoms with van der Waals surface area (Å²) in [4.78, 5) is 0. The van der Waals surface area contributed by atoms with Gasteiger partial charge in [0.25, 0.3) is 0 Å². The lowest BCUT2D eigenvalue weighted by Gasteiger charge is -2.16. The zero-order valence-electron chi connectivity index (χ0n) is 7.53. The van der Waals surface area contributed by atoms with Crippen molar-refractivity contribution in [1.82, 2.24) is 0 Å². The highest BCUT2D eigenvalue weighted by atomic mass is 127. The van der Waals surface area contributed by atoms with Crippen LogP contribution in [0.15, 0.2) is 12.1 Å². The Kier molecular flexibility index (Phi) is 3.34. The summed E-state index contributed by atoms with van der Waals surface area (Å²) in [5, 5.41) is 0. The predicted molar refractivity (Wildman–Crippen MR) is 61.1 cm³/mol. The predicted octanol–water partition coefficient (Wildman–Crippen LogP) is 3.11. The summed E-state index contributed by atoms with van der Waals surface area (Å²) < 4.78 is 37.3. The molecule has 78 valence electrons. The van der Waals surface area contributed by atoms with Crippen LogP contribution in [0.3, 0.4) is 0 Å². The van der Waals surface area contributed by atoms with Crippen LogP contribution >= 0.6 is 22.6 Å². The van der Waals surface area contributed by atoms with Gasteiger partial charge in [-0.3, -0.25) is 0 Å². The number of hydrogen-bond donors (Lipinski definition) is 1. The summed E-state index contributed by atoms with van der Waals surface area (Å²) in [5.41, 5.74) is 6.81. The van der Waals surface area contributed by atoms with Gasteiger partial charge in [-0.2, -0.15) is 0 Å². The summed E-state index contributed by atoms with van der Waals surface area (Å²) in [5.74, 6) is 0. The average molecular weight is 314 g/mol. The monoisotopic (exact) mass is 314 g/mol. The minimum Gasteiger partial charge on any atom is -0.449 e. The lowest BCUT2D eigenvalue weighted by atomic mass is 9.80. The van der Waals surface area contributed by atoms with Crippen LogP contribution in [0.25, 0.3) is 0 Å². The van der Waals surface area contributed by atoms with E-state index < -0.39 is 13.3 Å². The van der Waals surface area contributed by atoms with E-state index in [0.717, 1.165) is 3.57 Å². The Labute approximate surface area is 94.1 Å². The van der Waals surface area contributed by atoms with Gasteiger partial charge in [0.15, 0.2) is 0 Å². The highest BCUT2D eigenvalue weighted by molar-refractivity contribution is 14.1. The van der Waals surface area contributed by atoms with E-state index in [1.165, 1.54) is 6.07 Å². The molecule has 0 aliphatic rings. The molecule has 0 aliphatic carbocycles. The van der Waals surface area contributed by atoms with Gasteiger partial charge >= 0.3 is 6.98 Å². The first-order chi connectivity index (χ1) is 6.29. The molecular weight excluding hydrogens is 305 g/mol. The van der Waals surface area contributed by atoms with Gasteiger partial charge in [-0.25, -0.2) is 0 Å². The molecule has 0 bridgehead atoms. The molecule has 14 heavy (non-hydrogen) atoms. The van der Waals surface area contributed by atoms with Crippen molar-refractivity contribution in [2.45, 2.75) is 13.2 Å². The topological polar surface area (TPSA) is 26.0 Å². The van der Waals surface area contributed by atoms with E-state index in [9.17, 15) is 12.9 Å². The van der Waals surface area contributed by atoms with Crippen molar-refractivity contribution < 1.29 is 12.9 Å². The van der Waals surface area contributed by atoms with Crippen LogP contribution in [0, 0.1) is 10.5 Å². The largest absolute Gasteiger partial charge is 0.482 e. The first-order valence-corrected chi connectivity index (χ1v) is 5.13. The van der Waals surface area contributed by atoms with Crippen LogP contribution in [0.5, 0.6) is 0 Å². The third kappa shape index (κ3) is 3.07. The Morgan fingerprint density at radius 3 is 2.43 bits per heavy atom. The molecule has 0 amide bonds. The van der Waals surface area contributed by atoms with Gasteiger partial charge in [0.05, 0.1) is 0 Å². The van der Waals surface area contributed by atoms with Crippen LogP contribution in [0.4, 0.5) is 18.6 Å². The first-order valence-electron chi connectivity index (χ1n) is 4.05. The fourth-order valence-corrected chi connectivity index (χ4v) is 1.93. The first kappa shape index (κ1) is 11.7. The van der Waals surface area contributed by atoms with Crippen molar-refractivity contribution in [3.05, 3.63) is 26.8 Å². The molecular formula is C8H9BF3IN-. The summed E-state index contributed by atoms with van der Waals surface area (Å²) in [7, 11) is 0. The molecule has 0 atom stereocenters. The Bertz CT molecular complexity index is 351. The Hall–Kier alpha value is -0.395. The third-order valence-corrected chi connectivity index (χ3v) is 2.59. The van der Waals surface area contributed by atoms with Gasteiger partial charge in [-0.05, 0) is 47.2 Å². The number of anilines is 1. The highest BCUT2D eigenvalue weighted by Crippen LogP contribution is 2.25. The maximum absolute atomic E-state index is 12.2. The molecule has 0 aromatic heterocycles. The van der Waals surface area contributed by atoms with Crippen molar-refractivity contribution >= 4 is 35.3 Å². The second-order valence-electron chi connectivity index (χ2n) is 3.19. The molecule has 0 unspecified atom stereocenters. The molecule has 6 heteroatoms. The number of rotatable bonds is 2. The molecule has 2 N–H and O–H groups in total. The Morgan fingerprint density at radius 2 is 1.93 bits per heavy atom. The van der Waals surface area contributed by atoms with Gasteiger partial charge in [0, 0.05) is 9.26 Å². The minimum atomic E-state index is -4.79. The van der Waals surface area contributed by atoms with Crippen LogP contribution < -0.4 is 5.73 Å². The van der Waals surface area contributed by atoms with E-state index in [-0.39, 0.29) is 5.56 Å². The maximum atomic E-state index is 12.2. The van der Waals surface area contributed by atoms with E-state index in [2.05, 4.69) is 0 Å². The van der Waals surface area contributed by atoms with Crippen LogP contribution in [-0.4, -0.2) is 6.98 Å². The molecule has 1 nitrogen and oxygen atoms in total. The lowest BCUT2D eigenvalue weighted by molar-refractivity contribution is 0.468. The second-order valence-corrected chi connectivity index (χ2v) is 4.44. The average Bonchev–Trinajstić information content (AvgIpc) is 1.96. The normalized spacial score (nSPS) is 11.8. The minimum absolute atomic E-state index is 0.280. The molecule has 1 aromatic rings. The van der Waals surface area contributed by atoms with Crippen LogP contribution in [0.2, 0.25) is 0 Å². The SMILES string of the molecule is Cc1c(N)cc(I)cc1C[B-](F)(F)F. The lowest BCUT2D eigenvalue weighted by Crippen LogP contribution is -2.20. The van der Waals surface area contributed by atoms with Crippen molar-refractivity contribution in [2.24, 2.45) is 0 Å². The molecule has 1 rings (SSSR count). The van der Waals surface area contributed by atoms with Crippen molar-refractivity contribution in [2.75, 3.05) is 5.73 Å². The van der Waals surface area contributed by atoms with Crippen LogP contribution in [-0.2, 0) is 6.32 Å². The smallest absolute Gasteiger partial charge is 0.449 e. The number of nitrogens with two attached hydrogens (primary N) is 1. The fraction of sp³-hybridized carbons (Fsp3) is 0.250. The standard InChI is InChI=1S/C8H9BF3IN/c1-5-6(4-9(10,11)12)2-7(13)3-8(5)14/h2-3H,4,14H2,1H3/q-1. The Balaban J connectivity index is 3.09. The van der Waals surface area contributed by atoms with Gasteiger partial charge in [-0.15, -0.1) is 0 Å². The molecule has 0 fully saturated rings. The summed E-state index contributed by atoms with van der Waals surface area (Å²) in [6.07, 6.45) is -0.854. The van der Waals surface area contributed by atoms with E-state index in [1.807, 2.05) is 22.6 Å². The molecule has 0 radical (unpaired) electrons. The summed E-state index contributed by atoms with van der Waals surface area (Å²) in [6, 6.07) is 3.20. The molecule has 0 saturated heterocycles. The molecule has 0 aliphatic heterocycles. The van der Waals surface area contributed by atoms with Gasteiger partial charge in [-0.1, -0.05) is 11.9 Å². The summed E-state index contributed by atoms with van der Waals surface area (Å²) in [6.45, 7) is -3.18. The molecule has 1 aromatic carbocycles. The highest BCUT2D eigenvalue weighted by Gasteiger charge is 2.24. The summed E-state index contributed by atoms with van der Waals surface area (Å²) >= 11 is 1.96. The quantitative estimate of drug-likeness (QED) is 0.507. The van der Waals surface area contributed by atoms with E-state index in [0.29, 0.717) is 11.3 Å². The maximum Gasteiger partial charge on any atom is 0.482 e. The molecule has 0 heterocycles. The van der Waals surface area contributed by atoms with Crippen molar-refractivity contribution in [3.63, 3.8) is 0 Å². The van der Waals surface area contributed by atoms with E-state index >= 15 is 0 Å². The number of benzene rings is 1. The molecule has 0 saturated carbocycles. The zero-order chi connectivity index (χ0) is 10.9. The van der Waals surface area contributed by atoms with E-state index in [4.69, 9.17) is 5.73 Å². The second kappa shape index (κ2) is 4.00. The van der Waals surface area contributed by atoms with Gasteiger partial charge in [0.1, 0.15) is 0 Å². The number of hydrogen-bond acceptors (Lipinski definition) is 1.